The second-order valence-corrected chi connectivity index (χ2v) is 4.92. The number of carbonyl (C=O) groups excluding carboxylic acids is 1. The van der Waals surface area contributed by atoms with Gasteiger partial charge in [-0.25, -0.2) is 9.36 Å². The molecule has 0 aliphatic rings. The number of nitrogens with zero attached hydrogens (tertiary/aromatic N) is 3. The first kappa shape index (κ1) is 14.7. The molecule has 2 N–H and O–H groups in total. The molecular formula is C16H15N4O3+. The number of ether oxygens (including phenoxy) is 1. The van der Waals surface area contributed by atoms with Crippen molar-refractivity contribution in [2.45, 2.75) is 6.54 Å². The van der Waals surface area contributed by atoms with E-state index in [2.05, 4.69) is 11.6 Å². The lowest BCUT2D eigenvalue weighted by Gasteiger charge is -2.09. The van der Waals surface area contributed by atoms with Gasteiger partial charge in [0, 0.05) is 6.20 Å². The molecule has 0 amide bonds. The maximum Gasteiger partial charge on any atom is 0.344 e. The first-order chi connectivity index (χ1) is 11.1. The average molecular weight is 311 g/mol. The van der Waals surface area contributed by atoms with Crippen LogP contribution < -0.4 is 15.9 Å². The number of rotatable bonds is 3. The highest BCUT2D eigenvalue weighted by atomic mass is 16.5. The van der Waals surface area contributed by atoms with E-state index < -0.39 is 5.97 Å². The first-order valence-electron chi connectivity index (χ1n) is 6.91. The van der Waals surface area contributed by atoms with E-state index in [0.29, 0.717) is 17.8 Å². The van der Waals surface area contributed by atoms with E-state index in [1.807, 2.05) is 0 Å². The maximum absolute atomic E-state index is 12.7. The molecule has 3 heterocycles. The standard InChI is InChI=1S/C16H14N4O3/c1-3-7-20-13(17)10(16(22)23-2)9-11-14(20)18-12-6-4-5-8-19(12)15(11)21/h3-6,8-9,17H,1,7H2,2H3/p+1. The van der Waals surface area contributed by atoms with Gasteiger partial charge in [0.05, 0.1) is 13.7 Å². The number of pyridine rings is 2. The molecule has 7 nitrogen and oxygen atoms in total. The lowest BCUT2D eigenvalue weighted by Crippen LogP contribution is -2.41. The molecule has 0 aliphatic heterocycles. The largest absolute Gasteiger partial charge is 0.465 e. The van der Waals surface area contributed by atoms with Crippen LogP contribution in [-0.2, 0) is 11.3 Å². The van der Waals surface area contributed by atoms with E-state index in [1.54, 1.807) is 35.0 Å². The Bertz CT molecular complexity index is 1010. The fourth-order valence-corrected chi connectivity index (χ4v) is 2.49. The number of hydrogen-bond acceptors (Lipinski definition) is 5. The molecule has 0 unspecified atom stereocenters. The molecular weight excluding hydrogens is 296 g/mol. The number of anilines is 1. The summed E-state index contributed by atoms with van der Waals surface area (Å²) in [6, 6.07) is 6.67. The molecule has 0 saturated heterocycles. The number of fused-ring (bicyclic) bond motifs is 2. The van der Waals surface area contributed by atoms with Gasteiger partial charge < -0.3 is 10.5 Å². The second-order valence-electron chi connectivity index (χ2n) is 4.92. The molecule has 0 aliphatic carbocycles. The van der Waals surface area contributed by atoms with Crippen LogP contribution in [0.15, 0.2) is 47.9 Å². The van der Waals surface area contributed by atoms with Gasteiger partial charge in [0.2, 0.25) is 11.5 Å². The van der Waals surface area contributed by atoms with Crippen molar-refractivity contribution in [1.82, 2.24) is 9.38 Å². The summed E-state index contributed by atoms with van der Waals surface area (Å²) >= 11 is 0. The fourth-order valence-electron chi connectivity index (χ4n) is 2.49. The van der Waals surface area contributed by atoms with Crippen molar-refractivity contribution in [1.29, 1.82) is 0 Å². The number of aromatic nitrogens is 3. The first-order valence-corrected chi connectivity index (χ1v) is 6.91. The van der Waals surface area contributed by atoms with Crippen LogP contribution in [0.5, 0.6) is 0 Å². The quantitative estimate of drug-likeness (QED) is 0.333. The van der Waals surface area contributed by atoms with Gasteiger partial charge in [-0.1, -0.05) is 23.7 Å². The summed E-state index contributed by atoms with van der Waals surface area (Å²) in [7, 11) is 1.26. The Morgan fingerprint density at radius 1 is 1.52 bits per heavy atom. The average Bonchev–Trinajstić information content (AvgIpc) is 2.57. The summed E-state index contributed by atoms with van der Waals surface area (Å²) in [6.45, 7) is 3.99. The summed E-state index contributed by atoms with van der Waals surface area (Å²) in [5.74, 6) is -0.434. The van der Waals surface area contributed by atoms with Gasteiger partial charge in [-0.15, -0.1) is 0 Å². The van der Waals surface area contributed by atoms with Crippen LogP contribution in [0, 0.1) is 0 Å². The molecule has 3 aromatic heterocycles. The summed E-state index contributed by atoms with van der Waals surface area (Å²) in [5.41, 5.74) is 6.80. The summed E-state index contributed by atoms with van der Waals surface area (Å²) < 4.78 is 7.73. The van der Waals surface area contributed by atoms with E-state index in [4.69, 9.17) is 10.5 Å². The highest BCUT2D eigenvalue weighted by Crippen LogP contribution is 2.15. The molecule has 0 radical (unpaired) electrons. The number of nitrogens with two attached hydrogens (primary N) is 1. The molecule has 0 atom stereocenters. The van der Waals surface area contributed by atoms with Crippen LogP contribution in [-0.4, -0.2) is 22.5 Å². The SMILES string of the molecule is C=CC[n+]1c(N)c(C(=O)OC)cc2c(=O)n3ccccc3nc21. The molecule has 3 aromatic rings. The minimum absolute atomic E-state index is 0.122. The molecule has 0 saturated carbocycles. The zero-order chi connectivity index (χ0) is 16.6. The second kappa shape index (κ2) is 5.53. The van der Waals surface area contributed by atoms with Crippen LogP contribution >= 0.6 is 0 Å². The third-order valence-electron chi connectivity index (χ3n) is 3.58. The minimum Gasteiger partial charge on any atom is -0.465 e. The fraction of sp³-hybridized carbons (Fsp3) is 0.125. The summed E-state index contributed by atoms with van der Waals surface area (Å²) in [6.07, 6.45) is 3.24. The Hall–Kier alpha value is -3.22. The predicted molar refractivity (Wildman–Crippen MR) is 85.1 cm³/mol. The van der Waals surface area contributed by atoms with Crippen LogP contribution in [0.25, 0.3) is 16.7 Å². The Labute approximate surface area is 131 Å². The zero-order valence-corrected chi connectivity index (χ0v) is 12.5. The number of hydrogen-bond donors (Lipinski definition) is 1. The number of methoxy groups -OCH3 is 1. The van der Waals surface area contributed by atoms with Gasteiger partial charge in [-0.05, 0) is 18.2 Å². The Kier molecular flexibility index (Phi) is 3.53. The van der Waals surface area contributed by atoms with Crippen LogP contribution in [0.2, 0.25) is 0 Å². The summed E-state index contributed by atoms with van der Waals surface area (Å²) in [4.78, 5) is 29.1. The van der Waals surface area contributed by atoms with Crippen LogP contribution in [0.3, 0.4) is 0 Å². The van der Waals surface area contributed by atoms with Crippen molar-refractivity contribution in [3.63, 3.8) is 0 Å². The Morgan fingerprint density at radius 2 is 2.30 bits per heavy atom. The van der Waals surface area contributed by atoms with Crippen LogP contribution in [0.4, 0.5) is 5.82 Å². The van der Waals surface area contributed by atoms with Crippen molar-refractivity contribution in [3.8, 4) is 0 Å². The van der Waals surface area contributed by atoms with Crippen LogP contribution in [0.1, 0.15) is 10.4 Å². The van der Waals surface area contributed by atoms with Crippen molar-refractivity contribution in [2.75, 3.05) is 12.8 Å². The maximum atomic E-state index is 12.7. The van der Waals surface area contributed by atoms with Crippen molar-refractivity contribution in [3.05, 3.63) is 59.0 Å². The third kappa shape index (κ3) is 2.22. The predicted octanol–water partition coefficient (Wildman–Crippen LogP) is 0.690. The van der Waals surface area contributed by atoms with Gasteiger partial charge in [0.25, 0.3) is 11.2 Å². The van der Waals surface area contributed by atoms with Gasteiger partial charge in [-0.2, -0.15) is 0 Å². The number of carbonyl (C=O) groups is 1. The lowest BCUT2D eigenvalue weighted by molar-refractivity contribution is -0.648. The molecule has 23 heavy (non-hydrogen) atoms. The Morgan fingerprint density at radius 3 is 3.00 bits per heavy atom. The van der Waals surface area contributed by atoms with Crippen molar-refractivity contribution < 1.29 is 14.1 Å². The number of esters is 1. The number of allylic oxidation sites excluding steroid dienone is 1. The van der Waals surface area contributed by atoms with Gasteiger partial charge >= 0.3 is 5.97 Å². The molecule has 0 bridgehead atoms. The lowest BCUT2D eigenvalue weighted by atomic mass is 10.2. The molecule has 0 aromatic carbocycles. The molecule has 0 spiro atoms. The monoisotopic (exact) mass is 311 g/mol. The number of nitrogen functional groups attached to an aromatic ring is 1. The van der Waals surface area contributed by atoms with E-state index in [9.17, 15) is 9.59 Å². The smallest absolute Gasteiger partial charge is 0.344 e. The highest BCUT2D eigenvalue weighted by molar-refractivity contribution is 5.96. The minimum atomic E-state index is -0.611. The van der Waals surface area contributed by atoms with Gasteiger partial charge in [0.1, 0.15) is 10.9 Å². The molecule has 7 heteroatoms. The van der Waals surface area contributed by atoms with E-state index in [0.717, 1.165) is 0 Å². The van der Waals surface area contributed by atoms with E-state index in [1.165, 1.54) is 17.6 Å². The van der Waals surface area contributed by atoms with Gasteiger partial charge in [0.15, 0.2) is 0 Å². The molecule has 3 rings (SSSR count). The molecule has 116 valence electrons. The van der Waals surface area contributed by atoms with Crippen molar-refractivity contribution in [2.24, 2.45) is 0 Å². The molecule has 0 fully saturated rings. The normalized spacial score (nSPS) is 10.8. The topological polar surface area (TPSA) is 90.6 Å². The van der Waals surface area contributed by atoms with E-state index in [-0.39, 0.29) is 22.3 Å². The third-order valence-corrected chi connectivity index (χ3v) is 3.58. The Balaban J connectivity index is 2.53. The zero-order valence-electron chi connectivity index (χ0n) is 12.5. The van der Waals surface area contributed by atoms with Gasteiger partial charge in [-0.3, -0.25) is 9.20 Å². The van der Waals surface area contributed by atoms with Crippen molar-refractivity contribution >= 4 is 28.5 Å². The highest BCUT2D eigenvalue weighted by Gasteiger charge is 2.24. The summed E-state index contributed by atoms with van der Waals surface area (Å²) in [5, 5.41) is 0.283. The van der Waals surface area contributed by atoms with E-state index >= 15 is 0 Å².